The van der Waals surface area contributed by atoms with Crippen molar-refractivity contribution in [3.05, 3.63) is 30.3 Å². The Kier molecular flexibility index (Phi) is 2.14. The molecule has 1 saturated carbocycles. The number of benzene rings is 1. The smallest absolute Gasteiger partial charge is 0.0721 e. The summed E-state index contributed by atoms with van der Waals surface area (Å²) in [5, 5.41) is 0. The third-order valence-corrected chi connectivity index (χ3v) is 4.71. The van der Waals surface area contributed by atoms with Crippen LogP contribution < -0.4 is 0 Å². The average molecular weight is 276 g/mol. The predicted molar refractivity (Wildman–Crippen MR) is 58.3 cm³/mol. The van der Waals surface area contributed by atoms with E-state index in [0.29, 0.717) is 2.75 Å². The molecule has 0 aromatic heterocycles. The Balaban J connectivity index is 2.07. The van der Waals surface area contributed by atoms with Gasteiger partial charge in [0.25, 0.3) is 0 Å². The van der Waals surface area contributed by atoms with Crippen molar-refractivity contribution in [2.45, 2.75) is 20.5 Å². The first-order valence-electron chi connectivity index (χ1n) is 3.72. The maximum atomic E-state index is 2.55. The van der Waals surface area contributed by atoms with Gasteiger partial charge >= 0.3 is 0 Å². The SMILES string of the molecule is IC1(Sc2ccccc2)CC1. The second-order valence-corrected chi connectivity index (χ2v) is 7.05. The lowest BCUT2D eigenvalue weighted by Gasteiger charge is -2.04. The first kappa shape index (κ1) is 7.92. The highest BCUT2D eigenvalue weighted by Crippen LogP contribution is 2.56. The molecule has 0 unspecified atom stereocenters. The molecule has 58 valence electrons. The van der Waals surface area contributed by atoms with E-state index in [2.05, 4.69) is 52.9 Å². The van der Waals surface area contributed by atoms with Crippen LogP contribution >= 0.6 is 34.4 Å². The van der Waals surface area contributed by atoms with Crippen LogP contribution in [-0.2, 0) is 0 Å². The summed E-state index contributed by atoms with van der Waals surface area (Å²) in [6.07, 6.45) is 2.74. The van der Waals surface area contributed by atoms with Crippen molar-refractivity contribution >= 4 is 34.4 Å². The molecule has 1 aromatic rings. The molecule has 2 heteroatoms. The fourth-order valence-electron chi connectivity index (χ4n) is 0.900. The van der Waals surface area contributed by atoms with Crippen LogP contribution in [0.5, 0.6) is 0 Å². The lowest BCUT2D eigenvalue weighted by Crippen LogP contribution is -1.85. The Morgan fingerprint density at radius 2 is 1.82 bits per heavy atom. The number of hydrogen-bond donors (Lipinski definition) is 0. The molecule has 0 amide bonds. The zero-order chi connectivity index (χ0) is 7.73. The minimum atomic E-state index is 0.541. The minimum Gasteiger partial charge on any atom is -0.109 e. The highest BCUT2D eigenvalue weighted by atomic mass is 127. The van der Waals surface area contributed by atoms with E-state index in [-0.39, 0.29) is 0 Å². The highest BCUT2D eigenvalue weighted by Gasteiger charge is 2.40. The molecule has 0 aliphatic heterocycles. The molecule has 0 saturated heterocycles. The zero-order valence-corrected chi connectivity index (χ0v) is 9.06. The molecule has 1 fully saturated rings. The van der Waals surface area contributed by atoms with Crippen LogP contribution in [0.1, 0.15) is 12.8 Å². The first-order chi connectivity index (χ1) is 5.29. The van der Waals surface area contributed by atoms with Crippen LogP contribution in [0.3, 0.4) is 0 Å². The first-order valence-corrected chi connectivity index (χ1v) is 5.61. The summed E-state index contributed by atoms with van der Waals surface area (Å²) in [7, 11) is 0. The molecule has 0 N–H and O–H groups in total. The standard InChI is InChI=1S/C9H9IS/c10-9(6-7-9)11-8-4-2-1-3-5-8/h1-5H,6-7H2. The molecule has 0 atom stereocenters. The van der Waals surface area contributed by atoms with Gasteiger partial charge in [-0.3, -0.25) is 0 Å². The average Bonchev–Trinajstić information content (AvgIpc) is 2.70. The molecule has 0 heterocycles. The van der Waals surface area contributed by atoms with Gasteiger partial charge in [0.05, 0.1) is 2.75 Å². The van der Waals surface area contributed by atoms with Crippen LogP contribution in [-0.4, -0.2) is 2.75 Å². The number of halogens is 1. The molecule has 1 aliphatic rings. The van der Waals surface area contributed by atoms with Gasteiger partial charge in [0.15, 0.2) is 0 Å². The van der Waals surface area contributed by atoms with Crippen LogP contribution in [0.25, 0.3) is 0 Å². The Bertz CT molecular complexity index is 241. The second kappa shape index (κ2) is 2.98. The summed E-state index contributed by atoms with van der Waals surface area (Å²) >= 11 is 4.55. The highest BCUT2D eigenvalue weighted by molar-refractivity contribution is 14.1. The van der Waals surface area contributed by atoms with E-state index in [4.69, 9.17) is 0 Å². The minimum absolute atomic E-state index is 0.541. The number of rotatable bonds is 2. The quantitative estimate of drug-likeness (QED) is 0.586. The van der Waals surface area contributed by atoms with Gasteiger partial charge in [-0.05, 0) is 25.0 Å². The molecular formula is C9H9IS. The van der Waals surface area contributed by atoms with Gasteiger partial charge in [0.1, 0.15) is 0 Å². The fraction of sp³-hybridized carbons (Fsp3) is 0.333. The molecule has 11 heavy (non-hydrogen) atoms. The number of alkyl halides is 1. The Labute approximate surface area is 84.9 Å². The second-order valence-electron chi connectivity index (χ2n) is 2.80. The summed E-state index contributed by atoms with van der Waals surface area (Å²) in [5.74, 6) is 0. The number of thioether (sulfide) groups is 1. The largest absolute Gasteiger partial charge is 0.109 e. The van der Waals surface area contributed by atoms with Crippen LogP contribution in [0.2, 0.25) is 0 Å². The third-order valence-electron chi connectivity index (χ3n) is 1.69. The van der Waals surface area contributed by atoms with Crippen molar-refractivity contribution in [2.24, 2.45) is 0 Å². The maximum Gasteiger partial charge on any atom is 0.0721 e. The van der Waals surface area contributed by atoms with Crippen molar-refractivity contribution in [3.63, 3.8) is 0 Å². The van der Waals surface area contributed by atoms with Crippen molar-refractivity contribution in [3.8, 4) is 0 Å². The van der Waals surface area contributed by atoms with E-state index in [1.807, 2.05) is 11.8 Å². The summed E-state index contributed by atoms with van der Waals surface area (Å²) in [4.78, 5) is 1.40. The monoisotopic (exact) mass is 276 g/mol. The van der Waals surface area contributed by atoms with Gasteiger partial charge in [0, 0.05) is 4.90 Å². The molecule has 1 aliphatic carbocycles. The topological polar surface area (TPSA) is 0 Å². The number of hydrogen-bond acceptors (Lipinski definition) is 1. The van der Waals surface area contributed by atoms with Crippen molar-refractivity contribution in [1.29, 1.82) is 0 Å². The van der Waals surface area contributed by atoms with Gasteiger partial charge in [-0.2, -0.15) is 0 Å². The van der Waals surface area contributed by atoms with Gasteiger partial charge in [-0.1, -0.05) is 40.8 Å². The van der Waals surface area contributed by atoms with Gasteiger partial charge in [0.2, 0.25) is 0 Å². The van der Waals surface area contributed by atoms with E-state index in [1.54, 1.807) is 0 Å². The zero-order valence-electron chi connectivity index (χ0n) is 6.09. The molecule has 0 spiro atoms. The summed E-state index contributed by atoms with van der Waals surface area (Å²) < 4.78 is 0.541. The van der Waals surface area contributed by atoms with Crippen LogP contribution in [0, 0.1) is 0 Å². The molecular weight excluding hydrogens is 267 g/mol. The maximum absolute atomic E-state index is 2.55. The third kappa shape index (κ3) is 2.12. The van der Waals surface area contributed by atoms with Crippen molar-refractivity contribution in [2.75, 3.05) is 0 Å². The molecule has 0 nitrogen and oxygen atoms in total. The van der Waals surface area contributed by atoms with Gasteiger partial charge < -0.3 is 0 Å². The molecule has 0 bridgehead atoms. The van der Waals surface area contributed by atoms with Gasteiger partial charge in [-0.25, -0.2) is 0 Å². The molecule has 2 rings (SSSR count). The van der Waals surface area contributed by atoms with Gasteiger partial charge in [-0.15, -0.1) is 11.8 Å². The normalized spacial score (nSPS) is 19.7. The summed E-state index contributed by atoms with van der Waals surface area (Å²) in [6.45, 7) is 0. The Morgan fingerprint density at radius 1 is 1.18 bits per heavy atom. The Hall–Kier alpha value is 0.300. The predicted octanol–water partition coefficient (Wildman–Crippen LogP) is 3.70. The van der Waals surface area contributed by atoms with Crippen LogP contribution in [0.4, 0.5) is 0 Å². The van der Waals surface area contributed by atoms with E-state index >= 15 is 0 Å². The molecule has 1 aromatic carbocycles. The molecule has 0 radical (unpaired) electrons. The Morgan fingerprint density at radius 3 is 2.36 bits per heavy atom. The van der Waals surface area contributed by atoms with Crippen molar-refractivity contribution < 1.29 is 0 Å². The lowest BCUT2D eigenvalue weighted by atomic mass is 10.4. The van der Waals surface area contributed by atoms with E-state index in [1.165, 1.54) is 17.7 Å². The lowest BCUT2D eigenvalue weighted by molar-refractivity contribution is 1.40. The van der Waals surface area contributed by atoms with Crippen molar-refractivity contribution in [1.82, 2.24) is 0 Å². The van der Waals surface area contributed by atoms with E-state index in [9.17, 15) is 0 Å². The summed E-state index contributed by atoms with van der Waals surface area (Å²) in [6, 6.07) is 10.6. The van der Waals surface area contributed by atoms with E-state index in [0.717, 1.165) is 0 Å². The van der Waals surface area contributed by atoms with Crippen LogP contribution in [0.15, 0.2) is 35.2 Å². The summed E-state index contributed by atoms with van der Waals surface area (Å²) in [5.41, 5.74) is 0. The van der Waals surface area contributed by atoms with E-state index < -0.39 is 0 Å². The fourth-order valence-corrected chi connectivity index (χ4v) is 2.95.